The van der Waals surface area contributed by atoms with E-state index in [1.165, 1.54) is 17.5 Å². The second-order valence-electron chi connectivity index (χ2n) is 5.75. The molecule has 2 aromatic heterocycles. The van der Waals surface area contributed by atoms with Crippen LogP contribution in [0.5, 0.6) is 0 Å². The van der Waals surface area contributed by atoms with Crippen molar-refractivity contribution in [3.05, 3.63) is 42.3 Å². The molecule has 3 heterocycles. The van der Waals surface area contributed by atoms with Crippen LogP contribution in [0.2, 0.25) is 0 Å². The molecule has 0 unspecified atom stereocenters. The largest absolute Gasteiger partial charge is 0.379 e. The Balaban J connectivity index is 1.59. The molecule has 1 amide bonds. The van der Waals surface area contributed by atoms with Gasteiger partial charge in [-0.05, 0) is 12.1 Å². The Kier molecular flexibility index (Phi) is 4.73. The lowest BCUT2D eigenvalue weighted by Crippen LogP contribution is -2.43. The van der Waals surface area contributed by atoms with Crippen molar-refractivity contribution in [1.82, 2.24) is 15.0 Å². The monoisotopic (exact) mass is 358 g/mol. The van der Waals surface area contributed by atoms with Gasteiger partial charge in [-0.1, -0.05) is 28.6 Å². The highest BCUT2D eigenvalue weighted by molar-refractivity contribution is 7.22. The molecule has 3 aromatic rings. The molecule has 130 valence electrons. The number of morpholine rings is 1. The van der Waals surface area contributed by atoms with Crippen LogP contribution >= 0.6 is 11.3 Å². The predicted molar refractivity (Wildman–Crippen MR) is 95.1 cm³/mol. The second kappa shape index (κ2) is 7.30. The molecule has 0 atom stereocenters. The number of carbonyl (C=O) groups excluding carboxylic acids is 1. The van der Waals surface area contributed by atoms with Gasteiger partial charge in [0, 0.05) is 32.2 Å². The highest BCUT2D eigenvalue weighted by atomic mass is 32.1. The Morgan fingerprint density at radius 1 is 1.24 bits per heavy atom. The molecule has 1 fully saturated rings. The van der Waals surface area contributed by atoms with E-state index in [0.29, 0.717) is 11.7 Å². The molecule has 1 aliphatic rings. The molecule has 7 nitrogen and oxygen atoms in total. The lowest BCUT2D eigenvalue weighted by Gasteiger charge is -2.28. The fourth-order valence-electron chi connectivity index (χ4n) is 2.78. The third kappa shape index (κ3) is 3.55. The number of anilines is 1. The standard InChI is InChI=1S/C17H18N4O3S/c22-16(14-5-6-18-24-14)21(8-7-20-9-11-23-12-10-20)17-19-13-3-1-2-4-15(13)25-17/h1-6H,7-12H2. The molecule has 0 saturated carbocycles. The predicted octanol–water partition coefficient (Wildman–Crippen LogP) is 2.26. The summed E-state index contributed by atoms with van der Waals surface area (Å²) in [7, 11) is 0. The van der Waals surface area contributed by atoms with Gasteiger partial charge < -0.3 is 9.26 Å². The number of thiazole rings is 1. The number of fused-ring (bicyclic) bond motifs is 1. The third-order valence-corrected chi connectivity index (χ3v) is 5.21. The number of ether oxygens (including phenoxy) is 1. The number of hydrogen-bond donors (Lipinski definition) is 0. The Morgan fingerprint density at radius 3 is 2.84 bits per heavy atom. The molecule has 1 saturated heterocycles. The van der Waals surface area contributed by atoms with Crippen molar-refractivity contribution in [1.29, 1.82) is 0 Å². The van der Waals surface area contributed by atoms with Crippen LogP contribution in [0.3, 0.4) is 0 Å². The first-order valence-corrected chi connectivity index (χ1v) is 9.01. The minimum absolute atomic E-state index is 0.218. The molecule has 0 spiro atoms. The minimum atomic E-state index is -0.218. The quantitative estimate of drug-likeness (QED) is 0.697. The Labute approximate surface area is 148 Å². The van der Waals surface area contributed by atoms with Gasteiger partial charge in [0.05, 0.1) is 29.6 Å². The first kappa shape index (κ1) is 16.2. The van der Waals surface area contributed by atoms with Gasteiger partial charge in [0.1, 0.15) is 0 Å². The van der Waals surface area contributed by atoms with Crippen molar-refractivity contribution in [3.8, 4) is 0 Å². The summed E-state index contributed by atoms with van der Waals surface area (Å²) < 4.78 is 11.5. The van der Waals surface area contributed by atoms with E-state index in [1.54, 1.807) is 11.0 Å². The zero-order valence-corrected chi connectivity index (χ0v) is 14.4. The number of hydrogen-bond acceptors (Lipinski definition) is 7. The van der Waals surface area contributed by atoms with E-state index in [4.69, 9.17) is 9.26 Å². The molecule has 8 heteroatoms. The topological polar surface area (TPSA) is 71.7 Å². The van der Waals surface area contributed by atoms with Crippen molar-refractivity contribution in [2.75, 3.05) is 44.3 Å². The maximum absolute atomic E-state index is 12.9. The summed E-state index contributed by atoms with van der Waals surface area (Å²) in [4.78, 5) is 21.5. The van der Waals surface area contributed by atoms with Crippen molar-refractivity contribution < 1.29 is 14.1 Å². The molecule has 0 aliphatic carbocycles. The maximum Gasteiger partial charge on any atom is 0.298 e. The number of rotatable bonds is 5. The number of carbonyl (C=O) groups is 1. The van der Waals surface area contributed by atoms with Gasteiger partial charge >= 0.3 is 0 Å². The molecular formula is C17H18N4O3S. The number of amides is 1. The van der Waals surface area contributed by atoms with Crippen LogP contribution in [0.15, 0.2) is 41.1 Å². The summed E-state index contributed by atoms with van der Waals surface area (Å²) in [5.41, 5.74) is 0.893. The number of nitrogens with zero attached hydrogens (tertiary/aromatic N) is 4. The zero-order chi connectivity index (χ0) is 17.1. The van der Waals surface area contributed by atoms with Gasteiger partial charge in [0.2, 0.25) is 5.76 Å². The van der Waals surface area contributed by atoms with Crippen LogP contribution in [0, 0.1) is 0 Å². The molecule has 1 aromatic carbocycles. The summed E-state index contributed by atoms with van der Waals surface area (Å²) in [5.74, 6) is 0.00560. The SMILES string of the molecule is O=C(c1ccno1)N(CCN1CCOCC1)c1nc2ccccc2s1. The van der Waals surface area contributed by atoms with Gasteiger partial charge in [0.25, 0.3) is 5.91 Å². The summed E-state index contributed by atoms with van der Waals surface area (Å²) >= 11 is 1.51. The first-order chi connectivity index (χ1) is 12.3. The molecule has 1 aliphatic heterocycles. The Bertz CT molecular complexity index is 810. The van der Waals surface area contributed by atoms with Crippen molar-refractivity contribution >= 4 is 32.6 Å². The van der Waals surface area contributed by atoms with E-state index in [-0.39, 0.29) is 11.7 Å². The normalized spacial score (nSPS) is 15.5. The fraction of sp³-hybridized carbons (Fsp3) is 0.353. The Hall–Kier alpha value is -2.29. The van der Waals surface area contributed by atoms with Gasteiger partial charge in [-0.3, -0.25) is 14.6 Å². The smallest absolute Gasteiger partial charge is 0.298 e. The second-order valence-corrected chi connectivity index (χ2v) is 6.76. The van der Waals surface area contributed by atoms with Crippen molar-refractivity contribution in [3.63, 3.8) is 0 Å². The molecule has 25 heavy (non-hydrogen) atoms. The molecule has 0 radical (unpaired) electrons. The highest BCUT2D eigenvalue weighted by Crippen LogP contribution is 2.29. The van der Waals surface area contributed by atoms with Crippen LogP contribution < -0.4 is 4.90 Å². The molecule has 0 bridgehead atoms. The average Bonchev–Trinajstić information content (AvgIpc) is 3.32. The maximum atomic E-state index is 12.9. The van der Waals surface area contributed by atoms with E-state index in [9.17, 15) is 4.79 Å². The third-order valence-electron chi connectivity index (χ3n) is 4.15. The van der Waals surface area contributed by atoms with Crippen LogP contribution in [0.1, 0.15) is 10.6 Å². The van der Waals surface area contributed by atoms with Gasteiger partial charge in [-0.2, -0.15) is 0 Å². The van der Waals surface area contributed by atoms with Crippen molar-refractivity contribution in [2.45, 2.75) is 0 Å². The highest BCUT2D eigenvalue weighted by Gasteiger charge is 2.24. The number of aromatic nitrogens is 2. The van der Waals surface area contributed by atoms with E-state index in [2.05, 4.69) is 15.0 Å². The molecular weight excluding hydrogens is 340 g/mol. The van der Waals surface area contributed by atoms with Gasteiger partial charge in [0.15, 0.2) is 5.13 Å². The van der Waals surface area contributed by atoms with E-state index >= 15 is 0 Å². The van der Waals surface area contributed by atoms with E-state index in [1.807, 2.05) is 24.3 Å². The summed E-state index contributed by atoms with van der Waals surface area (Å²) in [5, 5.41) is 4.32. The van der Waals surface area contributed by atoms with E-state index < -0.39 is 0 Å². The van der Waals surface area contributed by atoms with Crippen LogP contribution in [-0.2, 0) is 4.74 Å². The first-order valence-electron chi connectivity index (χ1n) is 8.19. The summed E-state index contributed by atoms with van der Waals surface area (Å²) in [6.07, 6.45) is 1.48. The zero-order valence-electron chi connectivity index (χ0n) is 13.6. The average molecular weight is 358 g/mol. The van der Waals surface area contributed by atoms with Crippen LogP contribution in [0.4, 0.5) is 5.13 Å². The van der Waals surface area contributed by atoms with Gasteiger partial charge in [-0.25, -0.2) is 4.98 Å². The number of benzene rings is 1. The van der Waals surface area contributed by atoms with E-state index in [0.717, 1.165) is 43.1 Å². The Morgan fingerprint density at radius 2 is 2.08 bits per heavy atom. The van der Waals surface area contributed by atoms with Crippen LogP contribution in [-0.4, -0.2) is 60.3 Å². The minimum Gasteiger partial charge on any atom is -0.379 e. The lowest BCUT2D eigenvalue weighted by molar-refractivity contribution is 0.0390. The summed E-state index contributed by atoms with van der Waals surface area (Å²) in [6.45, 7) is 4.53. The lowest BCUT2D eigenvalue weighted by atomic mass is 10.3. The molecule has 4 rings (SSSR count). The van der Waals surface area contributed by atoms with Crippen molar-refractivity contribution in [2.24, 2.45) is 0 Å². The van der Waals surface area contributed by atoms with Gasteiger partial charge in [-0.15, -0.1) is 0 Å². The van der Waals surface area contributed by atoms with Crippen LogP contribution in [0.25, 0.3) is 10.2 Å². The summed E-state index contributed by atoms with van der Waals surface area (Å²) in [6, 6.07) is 9.46. The molecule has 0 N–H and O–H groups in total. The fourth-order valence-corrected chi connectivity index (χ4v) is 3.77. The number of para-hydroxylation sites is 1.